The number of nitrogens with one attached hydrogen (secondary N) is 1. The summed E-state index contributed by atoms with van der Waals surface area (Å²) < 4.78 is 28.5. The molecule has 0 spiro atoms. The Morgan fingerprint density at radius 3 is 2.68 bits per heavy atom. The van der Waals surface area contributed by atoms with E-state index in [1.807, 2.05) is 11.8 Å². The molecule has 2 aromatic carbocycles. The molecule has 31 heavy (non-hydrogen) atoms. The minimum atomic E-state index is -0.454. The maximum Gasteiger partial charge on any atom is 0.323 e. The summed E-state index contributed by atoms with van der Waals surface area (Å²) in [7, 11) is 0. The molecule has 4 aromatic rings. The molecule has 0 radical (unpaired) electrons. The van der Waals surface area contributed by atoms with Crippen LogP contribution in [0.1, 0.15) is 28.6 Å². The quantitative estimate of drug-likeness (QED) is 0.399. The first-order valence-corrected chi connectivity index (χ1v) is 10.1. The van der Waals surface area contributed by atoms with E-state index >= 15 is 0 Å². The Labute approximate surface area is 182 Å². The average Bonchev–Trinajstić information content (AvgIpc) is 3.15. The van der Waals surface area contributed by atoms with E-state index in [-0.39, 0.29) is 16.7 Å². The average molecular weight is 436 g/mol. The Morgan fingerprint density at radius 2 is 1.94 bits per heavy atom. The van der Waals surface area contributed by atoms with E-state index in [1.54, 1.807) is 24.3 Å². The third kappa shape index (κ3) is 3.20. The number of aryl methyl sites for hydroxylation is 1. The van der Waals surface area contributed by atoms with Crippen LogP contribution in [0.25, 0.3) is 15.7 Å². The predicted octanol–water partition coefficient (Wildman–Crippen LogP) is 5.90. The lowest BCUT2D eigenvalue weighted by atomic mass is 9.92. The van der Waals surface area contributed by atoms with E-state index < -0.39 is 11.9 Å². The molecule has 0 fully saturated rings. The first kappa shape index (κ1) is 19.5. The standard InChI is InChI=1S/C23H16ClF2N5/c1-12-11-18(27-2)30-23(28-12)31-10-9-15-19-17(8-7-16(24)20(19)26)29-21(15)22(31)13-3-5-14(25)6-4-13/h3-8,11,22,29H,9-10H2,1H3. The number of halogens is 3. The normalized spacial score (nSPS) is 15.7. The van der Waals surface area contributed by atoms with Crippen LogP contribution in [0.15, 0.2) is 42.5 Å². The van der Waals surface area contributed by atoms with Crippen LogP contribution in [0, 0.1) is 25.1 Å². The van der Waals surface area contributed by atoms with Crippen molar-refractivity contribution in [2.24, 2.45) is 0 Å². The number of hydrogen-bond acceptors (Lipinski definition) is 3. The van der Waals surface area contributed by atoms with Crippen molar-refractivity contribution in [1.29, 1.82) is 0 Å². The summed E-state index contributed by atoms with van der Waals surface area (Å²) >= 11 is 6.04. The number of hydrogen-bond donors (Lipinski definition) is 1. The van der Waals surface area contributed by atoms with Gasteiger partial charge in [0, 0.05) is 28.8 Å². The van der Waals surface area contributed by atoms with Crippen molar-refractivity contribution in [3.8, 4) is 0 Å². The fourth-order valence-corrected chi connectivity index (χ4v) is 4.40. The first-order chi connectivity index (χ1) is 15.0. The summed E-state index contributed by atoms with van der Waals surface area (Å²) in [5, 5.41) is 0.542. The highest BCUT2D eigenvalue weighted by Crippen LogP contribution is 2.41. The molecule has 5 nitrogen and oxygen atoms in total. The maximum atomic E-state index is 14.9. The zero-order valence-electron chi connectivity index (χ0n) is 16.5. The van der Waals surface area contributed by atoms with E-state index in [0.29, 0.717) is 35.5 Å². The van der Waals surface area contributed by atoms with Crippen molar-refractivity contribution in [1.82, 2.24) is 15.0 Å². The van der Waals surface area contributed by atoms with Gasteiger partial charge >= 0.3 is 5.95 Å². The highest BCUT2D eigenvalue weighted by atomic mass is 35.5. The summed E-state index contributed by atoms with van der Waals surface area (Å²) in [4.78, 5) is 17.7. The Hall–Kier alpha value is -3.50. The lowest BCUT2D eigenvalue weighted by molar-refractivity contribution is 0.610. The van der Waals surface area contributed by atoms with Crippen molar-refractivity contribution in [3.63, 3.8) is 0 Å². The molecule has 1 N–H and O–H groups in total. The van der Waals surface area contributed by atoms with Crippen LogP contribution in [0.2, 0.25) is 5.02 Å². The molecule has 154 valence electrons. The second-order valence-electron chi connectivity index (χ2n) is 7.48. The highest BCUT2D eigenvalue weighted by molar-refractivity contribution is 6.31. The van der Waals surface area contributed by atoms with Crippen molar-refractivity contribution in [2.45, 2.75) is 19.4 Å². The fourth-order valence-electron chi connectivity index (χ4n) is 4.24. The lowest BCUT2D eigenvalue weighted by Gasteiger charge is -2.35. The molecule has 0 amide bonds. The molecule has 1 unspecified atom stereocenters. The van der Waals surface area contributed by atoms with E-state index in [9.17, 15) is 8.78 Å². The van der Waals surface area contributed by atoms with Gasteiger partial charge in [-0.1, -0.05) is 35.3 Å². The summed E-state index contributed by atoms with van der Waals surface area (Å²) in [5.41, 5.74) is 3.74. The third-order valence-corrected chi connectivity index (χ3v) is 5.86. The van der Waals surface area contributed by atoms with Gasteiger partial charge in [-0.15, -0.1) is 0 Å². The van der Waals surface area contributed by atoms with Gasteiger partial charge in [0.1, 0.15) is 5.82 Å². The molecule has 0 bridgehead atoms. The highest BCUT2D eigenvalue weighted by Gasteiger charge is 2.35. The van der Waals surface area contributed by atoms with Crippen LogP contribution in [0.5, 0.6) is 0 Å². The van der Waals surface area contributed by atoms with Crippen LogP contribution in [-0.2, 0) is 6.42 Å². The van der Waals surface area contributed by atoms with Gasteiger partial charge in [0.05, 0.1) is 11.1 Å². The van der Waals surface area contributed by atoms with E-state index in [1.165, 1.54) is 18.2 Å². The summed E-state index contributed by atoms with van der Waals surface area (Å²) in [6.07, 6.45) is 0.537. The van der Waals surface area contributed by atoms with Crippen LogP contribution in [0.4, 0.5) is 20.5 Å². The van der Waals surface area contributed by atoms with Crippen LogP contribution in [0.3, 0.4) is 0 Å². The minimum Gasteiger partial charge on any atom is -0.360 e. The molecule has 3 heterocycles. The number of fused-ring (bicyclic) bond motifs is 3. The smallest absolute Gasteiger partial charge is 0.323 e. The number of anilines is 1. The van der Waals surface area contributed by atoms with Crippen LogP contribution in [-0.4, -0.2) is 21.5 Å². The van der Waals surface area contributed by atoms with Crippen molar-refractivity contribution in [3.05, 3.63) is 93.1 Å². The predicted molar refractivity (Wildman–Crippen MR) is 116 cm³/mol. The van der Waals surface area contributed by atoms with Crippen molar-refractivity contribution < 1.29 is 8.78 Å². The van der Waals surface area contributed by atoms with Crippen LogP contribution >= 0.6 is 11.6 Å². The lowest BCUT2D eigenvalue weighted by Crippen LogP contribution is -2.37. The third-order valence-electron chi connectivity index (χ3n) is 5.56. The molecule has 1 aliphatic rings. The van der Waals surface area contributed by atoms with Gasteiger partial charge in [-0.05, 0) is 54.8 Å². The summed E-state index contributed by atoms with van der Waals surface area (Å²) in [6.45, 7) is 9.64. The van der Waals surface area contributed by atoms with Crippen molar-refractivity contribution >= 4 is 34.3 Å². The number of H-pyrrole nitrogens is 1. The summed E-state index contributed by atoms with van der Waals surface area (Å²) in [5.74, 6) is -0.142. The number of aromatic nitrogens is 3. The molecule has 8 heteroatoms. The van der Waals surface area contributed by atoms with Gasteiger partial charge in [-0.3, -0.25) is 0 Å². The molecular formula is C23H16ClF2N5. The number of nitrogens with zero attached hydrogens (tertiary/aromatic N) is 4. The topological polar surface area (TPSA) is 49.2 Å². The Balaban J connectivity index is 1.75. The molecule has 1 atom stereocenters. The second kappa shape index (κ2) is 7.33. The van der Waals surface area contributed by atoms with Gasteiger partial charge in [0.15, 0.2) is 5.82 Å². The maximum absolute atomic E-state index is 14.9. The number of aromatic amines is 1. The Kier molecular flexibility index (Phi) is 4.60. The van der Waals surface area contributed by atoms with E-state index in [0.717, 1.165) is 16.8 Å². The van der Waals surface area contributed by atoms with Gasteiger partial charge in [-0.2, -0.15) is 4.98 Å². The molecular weight excluding hydrogens is 420 g/mol. The molecule has 0 aliphatic carbocycles. The molecule has 0 saturated heterocycles. The van der Waals surface area contributed by atoms with Gasteiger partial charge in [0.2, 0.25) is 0 Å². The first-order valence-electron chi connectivity index (χ1n) is 9.70. The van der Waals surface area contributed by atoms with E-state index in [2.05, 4.69) is 19.8 Å². The van der Waals surface area contributed by atoms with E-state index in [4.69, 9.17) is 18.2 Å². The van der Waals surface area contributed by atoms with Crippen LogP contribution < -0.4 is 4.90 Å². The van der Waals surface area contributed by atoms with Gasteiger partial charge in [-0.25, -0.2) is 8.78 Å². The number of rotatable bonds is 2. The molecule has 5 rings (SSSR count). The fraction of sp³-hybridized carbons (Fsp3) is 0.174. The Bertz CT molecular complexity index is 1360. The molecule has 2 aromatic heterocycles. The zero-order valence-corrected chi connectivity index (χ0v) is 17.2. The van der Waals surface area contributed by atoms with Gasteiger partial charge < -0.3 is 14.7 Å². The van der Waals surface area contributed by atoms with Crippen molar-refractivity contribution in [2.75, 3.05) is 11.4 Å². The Morgan fingerprint density at radius 1 is 1.16 bits per heavy atom. The summed E-state index contributed by atoms with van der Waals surface area (Å²) in [6, 6.07) is 10.7. The molecule has 0 saturated carbocycles. The second-order valence-corrected chi connectivity index (χ2v) is 7.89. The largest absolute Gasteiger partial charge is 0.360 e. The molecule has 1 aliphatic heterocycles. The minimum absolute atomic E-state index is 0.0683. The zero-order chi connectivity index (χ0) is 21.7. The number of benzene rings is 2. The SMILES string of the molecule is [C-]#[N+]c1cc(C)nc(N2CCc3c([nH]c4ccc(Cl)c(F)c34)C2c2ccc(F)cc2)n1. The monoisotopic (exact) mass is 435 g/mol. The van der Waals surface area contributed by atoms with Gasteiger partial charge in [0.25, 0.3) is 5.82 Å².